The van der Waals surface area contributed by atoms with Gasteiger partial charge < -0.3 is 9.80 Å². The molecule has 0 spiro atoms. The molecule has 4 aliphatic rings. The SMILES string of the molecule is C/C=C\C=C/C.C=C1C2=C(CC(C)CC2)N(C)C2=C1C(=C)N1C(=N2)C1C. The Bertz CT molecular complexity index is 778. The molecule has 138 valence electrons. The Hall–Kier alpha value is -2.29. The van der Waals surface area contributed by atoms with Gasteiger partial charge in [0, 0.05) is 24.0 Å². The van der Waals surface area contributed by atoms with E-state index in [4.69, 9.17) is 4.99 Å². The number of nitrogens with zero attached hydrogens (tertiary/aromatic N) is 3. The minimum atomic E-state index is 0.408. The standard InChI is InChI=1S/C17H21N3.C6H10/c1-9-6-7-13-10(2)15-11(3)20-12(4)16(20)18-17(15)19(5)14(13)8-9;1-3-5-6-4-2/h9,12H,2-3,6-8H2,1,4-5H3;3-6H,1-2H3/b;5-3-,6-4-. The smallest absolute Gasteiger partial charge is 0.144 e. The Balaban J connectivity index is 0.000000286. The molecule has 1 aliphatic carbocycles. The minimum Gasteiger partial charge on any atom is -0.332 e. The molecule has 3 nitrogen and oxygen atoms in total. The van der Waals surface area contributed by atoms with Crippen LogP contribution in [-0.4, -0.2) is 28.7 Å². The first-order chi connectivity index (χ1) is 12.4. The topological polar surface area (TPSA) is 18.6 Å². The van der Waals surface area contributed by atoms with E-state index in [0.717, 1.165) is 47.3 Å². The van der Waals surface area contributed by atoms with E-state index in [1.807, 2.05) is 38.2 Å². The monoisotopic (exact) mass is 349 g/mol. The molecule has 0 bridgehead atoms. The van der Waals surface area contributed by atoms with Crippen molar-refractivity contribution in [2.45, 2.75) is 53.0 Å². The van der Waals surface area contributed by atoms with E-state index in [2.05, 4.69) is 43.9 Å². The van der Waals surface area contributed by atoms with Crippen LogP contribution in [0.15, 0.2) is 76.4 Å². The maximum Gasteiger partial charge on any atom is 0.144 e. The number of fused-ring (bicyclic) bond motifs is 1. The van der Waals surface area contributed by atoms with Gasteiger partial charge in [-0.25, -0.2) is 4.99 Å². The van der Waals surface area contributed by atoms with Crippen LogP contribution in [0, 0.1) is 5.92 Å². The zero-order valence-electron chi connectivity index (χ0n) is 16.8. The van der Waals surface area contributed by atoms with Crippen LogP contribution in [0.25, 0.3) is 0 Å². The summed E-state index contributed by atoms with van der Waals surface area (Å²) in [4.78, 5) is 9.35. The van der Waals surface area contributed by atoms with Crippen molar-refractivity contribution in [3.8, 4) is 0 Å². The Morgan fingerprint density at radius 2 is 1.77 bits per heavy atom. The van der Waals surface area contributed by atoms with Crippen molar-refractivity contribution in [2.75, 3.05) is 7.05 Å². The van der Waals surface area contributed by atoms with E-state index in [-0.39, 0.29) is 0 Å². The fraction of sp³-hybridized carbons (Fsp3) is 0.435. The van der Waals surface area contributed by atoms with Gasteiger partial charge in [0.05, 0.1) is 6.04 Å². The van der Waals surface area contributed by atoms with Crippen molar-refractivity contribution in [3.05, 3.63) is 71.4 Å². The predicted octanol–water partition coefficient (Wildman–Crippen LogP) is 5.54. The first-order valence-corrected chi connectivity index (χ1v) is 9.63. The van der Waals surface area contributed by atoms with Gasteiger partial charge in [-0.2, -0.15) is 0 Å². The molecule has 0 N–H and O–H groups in total. The van der Waals surface area contributed by atoms with Gasteiger partial charge in [-0.05, 0) is 57.1 Å². The van der Waals surface area contributed by atoms with Crippen LogP contribution in [0.1, 0.15) is 47.0 Å². The molecule has 3 heterocycles. The van der Waals surface area contributed by atoms with E-state index >= 15 is 0 Å². The molecule has 0 aromatic carbocycles. The van der Waals surface area contributed by atoms with Crippen molar-refractivity contribution in [2.24, 2.45) is 10.9 Å². The highest BCUT2D eigenvalue weighted by Gasteiger charge is 2.48. The first kappa shape index (κ1) is 18.5. The van der Waals surface area contributed by atoms with Crippen molar-refractivity contribution >= 4 is 5.84 Å². The summed E-state index contributed by atoms with van der Waals surface area (Å²) in [6, 6.07) is 0.408. The maximum absolute atomic E-state index is 4.85. The molecule has 0 aromatic heterocycles. The molecule has 4 rings (SSSR count). The van der Waals surface area contributed by atoms with Crippen LogP contribution in [0.3, 0.4) is 0 Å². The zero-order chi connectivity index (χ0) is 19.0. The van der Waals surface area contributed by atoms with Gasteiger partial charge in [0.25, 0.3) is 0 Å². The second-order valence-corrected chi connectivity index (χ2v) is 7.52. The Kier molecular flexibility index (Phi) is 5.08. The summed E-state index contributed by atoms with van der Waals surface area (Å²) in [5, 5.41) is 0. The fourth-order valence-corrected chi connectivity index (χ4v) is 4.02. The molecule has 1 saturated heterocycles. The molecule has 3 aliphatic heterocycles. The zero-order valence-corrected chi connectivity index (χ0v) is 16.8. The highest BCUT2D eigenvalue weighted by Crippen LogP contribution is 2.49. The largest absolute Gasteiger partial charge is 0.332 e. The van der Waals surface area contributed by atoms with Crippen molar-refractivity contribution < 1.29 is 0 Å². The summed E-state index contributed by atoms with van der Waals surface area (Å²) >= 11 is 0. The van der Waals surface area contributed by atoms with E-state index in [9.17, 15) is 0 Å². The van der Waals surface area contributed by atoms with Crippen LogP contribution < -0.4 is 0 Å². The molecule has 2 atom stereocenters. The molecular formula is C23H31N3. The van der Waals surface area contributed by atoms with Crippen molar-refractivity contribution in [1.29, 1.82) is 0 Å². The first-order valence-electron chi connectivity index (χ1n) is 9.63. The van der Waals surface area contributed by atoms with E-state index in [0.29, 0.717) is 6.04 Å². The second-order valence-electron chi connectivity index (χ2n) is 7.52. The number of allylic oxidation sites excluding steroid dienone is 7. The minimum absolute atomic E-state index is 0.408. The second kappa shape index (κ2) is 7.14. The van der Waals surface area contributed by atoms with Crippen LogP contribution in [0.5, 0.6) is 0 Å². The maximum atomic E-state index is 4.85. The lowest BCUT2D eigenvalue weighted by atomic mass is 9.80. The summed E-state index contributed by atoms with van der Waals surface area (Å²) in [6.07, 6.45) is 11.5. The van der Waals surface area contributed by atoms with Gasteiger partial charge in [0.1, 0.15) is 11.7 Å². The number of amidine groups is 1. The number of hydrogen-bond donors (Lipinski definition) is 0. The molecule has 0 saturated carbocycles. The molecule has 1 fully saturated rings. The highest BCUT2D eigenvalue weighted by molar-refractivity contribution is 6.05. The Morgan fingerprint density at radius 3 is 2.38 bits per heavy atom. The normalized spacial score (nSPS) is 27.3. The van der Waals surface area contributed by atoms with Crippen LogP contribution >= 0.6 is 0 Å². The van der Waals surface area contributed by atoms with Gasteiger partial charge >= 0.3 is 0 Å². The third kappa shape index (κ3) is 3.00. The molecule has 0 aromatic rings. The fourth-order valence-electron chi connectivity index (χ4n) is 4.02. The summed E-state index contributed by atoms with van der Waals surface area (Å²) in [5.41, 5.74) is 6.25. The molecule has 0 radical (unpaired) electrons. The molecular weight excluding hydrogens is 318 g/mol. The van der Waals surface area contributed by atoms with Gasteiger partial charge in [0.15, 0.2) is 0 Å². The summed E-state index contributed by atoms with van der Waals surface area (Å²) in [5.74, 6) is 2.96. The molecule has 26 heavy (non-hydrogen) atoms. The quantitative estimate of drug-likeness (QED) is 0.457. The average molecular weight is 350 g/mol. The van der Waals surface area contributed by atoms with Gasteiger partial charge in [0.2, 0.25) is 0 Å². The van der Waals surface area contributed by atoms with E-state index in [1.54, 1.807) is 0 Å². The lowest BCUT2D eigenvalue weighted by Crippen LogP contribution is -2.31. The molecule has 0 amide bonds. The van der Waals surface area contributed by atoms with Crippen molar-refractivity contribution in [3.63, 3.8) is 0 Å². The molecule has 3 heteroatoms. The van der Waals surface area contributed by atoms with Crippen LogP contribution in [0.2, 0.25) is 0 Å². The average Bonchev–Trinajstić information content (AvgIpc) is 3.28. The summed E-state index contributed by atoms with van der Waals surface area (Å²) < 4.78 is 0. The number of hydrogen-bond acceptors (Lipinski definition) is 3. The summed E-state index contributed by atoms with van der Waals surface area (Å²) in [6.45, 7) is 17.2. The highest BCUT2D eigenvalue weighted by atomic mass is 15.4. The van der Waals surface area contributed by atoms with Gasteiger partial charge in [-0.1, -0.05) is 44.4 Å². The predicted molar refractivity (Wildman–Crippen MR) is 111 cm³/mol. The van der Waals surface area contributed by atoms with E-state index < -0.39 is 0 Å². The van der Waals surface area contributed by atoms with E-state index in [1.165, 1.54) is 17.7 Å². The number of rotatable bonds is 1. The lowest BCUT2D eigenvalue weighted by molar-refractivity contribution is 0.386. The molecule has 2 unspecified atom stereocenters. The lowest BCUT2D eigenvalue weighted by Gasteiger charge is -2.39. The van der Waals surface area contributed by atoms with Gasteiger partial charge in [-0.15, -0.1) is 0 Å². The van der Waals surface area contributed by atoms with Crippen molar-refractivity contribution in [1.82, 2.24) is 9.80 Å². The Labute approximate surface area is 158 Å². The Morgan fingerprint density at radius 1 is 1.12 bits per heavy atom. The van der Waals surface area contributed by atoms with Crippen LogP contribution in [-0.2, 0) is 0 Å². The third-order valence-corrected chi connectivity index (χ3v) is 5.63. The summed E-state index contributed by atoms with van der Waals surface area (Å²) in [7, 11) is 2.15. The van der Waals surface area contributed by atoms with Gasteiger partial charge in [-0.3, -0.25) is 0 Å². The van der Waals surface area contributed by atoms with Crippen LogP contribution in [0.4, 0.5) is 0 Å². The number of aliphatic imine (C=N–C) groups is 1. The third-order valence-electron chi connectivity index (χ3n) is 5.63.